The number of halogens is 1. The molecule has 0 radical (unpaired) electrons. The molecule has 2 rings (SSSR count). The minimum Gasteiger partial charge on any atom is -0.461 e. The number of anilines is 1. The van der Waals surface area contributed by atoms with Gasteiger partial charge >= 0.3 is 6.01 Å². The van der Waals surface area contributed by atoms with Gasteiger partial charge in [0.15, 0.2) is 0 Å². The maximum Gasteiger partial charge on any atom is 0.322 e. The van der Waals surface area contributed by atoms with Crippen LogP contribution in [0.15, 0.2) is 11.6 Å². The smallest absolute Gasteiger partial charge is 0.322 e. The van der Waals surface area contributed by atoms with Crippen molar-refractivity contribution in [1.29, 1.82) is 0 Å². The normalized spacial score (nSPS) is 15.1. The van der Waals surface area contributed by atoms with E-state index >= 15 is 0 Å². The minimum absolute atomic E-state index is 0.00807. The zero-order chi connectivity index (χ0) is 14.4. The Morgan fingerprint density at radius 2 is 2.15 bits per heavy atom. The zero-order valence-electron chi connectivity index (χ0n) is 12.0. The molecule has 1 aliphatic carbocycles. The van der Waals surface area contributed by atoms with Gasteiger partial charge in [-0.15, -0.1) is 0 Å². The predicted molar refractivity (Wildman–Crippen MR) is 80.3 cm³/mol. The second-order valence-electron chi connectivity index (χ2n) is 5.16. The molecule has 0 aromatic carbocycles. The minimum atomic E-state index is 0.00807. The van der Waals surface area contributed by atoms with E-state index in [2.05, 4.69) is 26.3 Å². The number of hydrogen-bond acceptors (Lipinski definition) is 5. The number of hydrogen-bond donors (Lipinski definition) is 1. The lowest BCUT2D eigenvalue weighted by atomic mass is 9.97. The summed E-state index contributed by atoms with van der Waals surface area (Å²) in [5.74, 6) is 0.469. The third-order valence-electron chi connectivity index (χ3n) is 3.04. The van der Waals surface area contributed by atoms with E-state index in [4.69, 9.17) is 16.3 Å². The molecule has 1 aliphatic rings. The Morgan fingerprint density at radius 3 is 2.85 bits per heavy atom. The van der Waals surface area contributed by atoms with E-state index in [0.717, 1.165) is 13.0 Å². The van der Waals surface area contributed by atoms with Crippen LogP contribution in [0.3, 0.4) is 0 Å². The highest BCUT2D eigenvalue weighted by atomic mass is 35.5. The summed E-state index contributed by atoms with van der Waals surface area (Å²) >= 11 is 5.87. The first-order valence-electron chi connectivity index (χ1n) is 7.13. The van der Waals surface area contributed by atoms with Crippen LogP contribution in [0, 0.1) is 0 Å². The highest BCUT2D eigenvalue weighted by Crippen LogP contribution is 2.20. The SMILES string of the molecule is CC(C)Oc1nc(Cl)nc(NCCC2=CCCCC2)n1. The quantitative estimate of drug-likeness (QED) is 0.813. The third kappa shape index (κ3) is 4.96. The summed E-state index contributed by atoms with van der Waals surface area (Å²) in [6.07, 6.45) is 8.41. The molecule has 5 nitrogen and oxygen atoms in total. The number of aromatic nitrogens is 3. The van der Waals surface area contributed by atoms with Crippen LogP contribution in [0.1, 0.15) is 46.0 Å². The number of ether oxygens (including phenoxy) is 1. The van der Waals surface area contributed by atoms with Gasteiger partial charge in [-0.05, 0) is 57.6 Å². The van der Waals surface area contributed by atoms with Crippen LogP contribution in [0.25, 0.3) is 0 Å². The van der Waals surface area contributed by atoms with Crippen molar-refractivity contribution in [3.63, 3.8) is 0 Å². The molecule has 0 spiro atoms. The molecule has 0 bridgehead atoms. The van der Waals surface area contributed by atoms with Gasteiger partial charge in [-0.1, -0.05) is 11.6 Å². The highest BCUT2D eigenvalue weighted by Gasteiger charge is 2.08. The van der Waals surface area contributed by atoms with Crippen molar-refractivity contribution >= 4 is 17.5 Å². The summed E-state index contributed by atoms with van der Waals surface area (Å²) in [6.45, 7) is 4.63. The van der Waals surface area contributed by atoms with Crippen molar-refractivity contribution in [3.05, 3.63) is 16.9 Å². The van der Waals surface area contributed by atoms with Gasteiger partial charge in [-0.25, -0.2) is 0 Å². The van der Waals surface area contributed by atoms with Crippen LogP contribution in [0.5, 0.6) is 6.01 Å². The van der Waals surface area contributed by atoms with Crippen molar-refractivity contribution in [2.24, 2.45) is 0 Å². The van der Waals surface area contributed by atoms with E-state index in [1.165, 1.54) is 31.3 Å². The Bertz CT molecular complexity index is 476. The van der Waals surface area contributed by atoms with Crippen molar-refractivity contribution in [2.75, 3.05) is 11.9 Å². The van der Waals surface area contributed by atoms with Gasteiger partial charge in [0.2, 0.25) is 11.2 Å². The lowest BCUT2D eigenvalue weighted by Gasteiger charge is -2.13. The van der Waals surface area contributed by atoms with E-state index in [1.807, 2.05) is 13.8 Å². The molecule has 0 atom stereocenters. The van der Waals surface area contributed by atoms with Gasteiger partial charge in [-0.3, -0.25) is 0 Å². The second kappa shape index (κ2) is 7.43. The molecule has 0 unspecified atom stereocenters. The van der Waals surface area contributed by atoms with Crippen molar-refractivity contribution in [1.82, 2.24) is 15.0 Å². The summed E-state index contributed by atoms with van der Waals surface area (Å²) in [5.41, 5.74) is 1.52. The molecule has 0 amide bonds. The van der Waals surface area contributed by atoms with Crippen molar-refractivity contribution in [3.8, 4) is 6.01 Å². The van der Waals surface area contributed by atoms with Gasteiger partial charge in [-0.2, -0.15) is 15.0 Å². The lowest BCUT2D eigenvalue weighted by Crippen LogP contribution is -2.12. The first-order valence-corrected chi connectivity index (χ1v) is 7.51. The molecule has 1 N–H and O–H groups in total. The summed E-state index contributed by atoms with van der Waals surface area (Å²) < 4.78 is 5.43. The molecule has 1 aromatic heterocycles. The molecular formula is C14H21ClN4O. The number of nitrogens with one attached hydrogen (secondary N) is 1. The monoisotopic (exact) mass is 296 g/mol. The Kier molecular flexibility index (Phi) is 5.59. The van der Waals surface area contributed by atoms with Gasteiger partial charge in [0.05, 0.1) is 6.10 Å². The Morgan fingerprint density at radius 1 is 1.30 bits per heavy atom. The standard InChI is InChI=1S/C14H21ClN4O/c1-10(2)20-14-18-12(15)17-13(19-14)16-9-8-11-6-4-3-5-7-11/h6,10H,3-5,7-9H2,1-2H3,(H,16,17,18,19). The molecule has 0 saturated heterocycles. The maximum atomic E-state index is 5.87. The largest absolute Gasteiger partial charge is 0.461 e. The van der Waals surface area contributed by atoms with Crippen LogP contribution < -0.4 is 10.1 Å². The van der Waals surface area contributed by atoms with Gasteiger partial charge in [0.25, 0.3) is 0 Å². The molecule has 1 heterocycles. The van der Waals surface area contributed by atoms with E-state index in [0.29, 0.717) is 5.95 Å². The Labute approximate surface area is 124 Å². The number of nitrogens with zero attached hydrogens (tertiary/aromatic N) is 3. The molecular weight excluding hydrogens is 276 g/mol. The van der Waals surface area contributed by atoms with Crippen LogP contribution >= 0.6 is 11.6 Å². The molecule has 0 aliphatic heterocycles. The molecule has 20 heavy (non-hydrogen) atoms. The third-order valence-corrected chi connectivity index (χ3v) is 3.21. The van der Waals surface area contributed by atoms with Crippen LogP contribution in [-0.2, 0) is 0 Å². The van der Waals surface area contributed by atoms with Crippen molar-refractivity contribution in [2.45, 2.75) is 52.1 Å². The first-order chi connectivity index (χ1) is 9.63. The van der Waals surface area contributed by atoms with E-state index < -0.39 is 0 Å². The summed E-state index contributed by atoms with van der Waals surface area (Å²) in [6, 6.07) is 0.263. The summed E-state index contributed by atoms with van der Waals surface area (Å²) in [7, 11) is 0. The molecule has 0 saturated carbocycles. The van der Waals surface area contributed by atoms with E-state index in [1.54, 1.807) is 0 Å². The number of allylic oxidation sites excluding steroid dienone is 1. The van der Waals surface area contributed by atoms with Gasteiger partial charge < -0.3 is 10.1 Å². The second-order valence-corrected chi connectivity index (χ2v) is 5.50. The number of rotatable bonds is 6. The van der Waals surface area contributed by atoms with Crippen molar-refractivity contribution < 1.29 is 4.74 Å². The Hall–Kier alpha value is -1.36. The summed E-state index contributed by atoms with van der Waals surface area (Å²) in [5, 5.41) is 3.33. The molecule has 1 aromatic rings. The fourth-order valence-corrected chi connectivity index (χ4v) is 2.29. The molecule has 110 valence electrons. The molecule has 0 fully saturated rings. The fourth-order valence-electron chi connectivity index (χ4n) is 2.14. The van der Waals surface area contributed by atoms with E-state index in [-0.39, 0.29) is 17.4 Å². The average molecular weight is 297 g/mol. The predicted octanol–water partition coefficient (Wildman–Crippen LogP) is 3.61. The van der Waals surface area contributed by atoms with E-state index in [9.17, 15) is 0 Å². The Balaban J connectivity index is 1.88. The van der Waals surface area contributed by atoms with Crippen LogP contribution in [0.4, 0.5) is 5.95 Å². The van der Waals surface area contributed by atoms with Gasteiger partial charge in [0, 0.05) is 6.54 Å². The van der Waals surface area contributed by atoms with Gasteiger partial charge in [0.1, 0.15) is 0 Å². The maximum absolute atomic E-state index is 5.87. The topological polar surface area (TPSA) is 59.9 Å². The fraction of sp³-hybridized carbons (Fsp3) is 0.643. The summed E-state index contributed by atoms with van der Waals surface area (Å²) in [4.78, 5) is 12.2. The molecule has 6 heteroatoms. The zero-order valence-corrected chi connectivity index (χ0v) is 12.8. The average Bonchev–Trinajstić information content (AvgIpc) is 2.38. The van der Waals surface area contributed by atoms with Crippen LogP contribution in [0.2, 0.25) is 5.28 Å². The first kappa shape index (κ1) is 15.0. The highest BCUT2D eigenvalue weighted by molar-refractivity contribution is 6.28. The lowest BCUT2D eigenvalue weighted by molar-refractivity contribution is 0.222. The van der Waals surface area contributed by atoms with Crippen LogP contribution in [-0.4, -0.2) is 27.6 Å².